The summed E-state index contributed by atoms with van der Waals surface area (Å²) >= 11 is 1.61. The Morgan fingerprint density at radius 2 is 1.72 bits per heavy atom. The minimum atomic E-state index is -0.106. The van der Waals surface area contributed by atoms with Crippen LogP contribution >= 0.6 is 11.3 Å². The van der Waals surface area contributed by atoms with E-state index in [0.717, 1.165) is 21.7 Å². The molecular weight excluding hydrogens is 334 g/mol. The summed E-state index contributed by atoms with van der Waals surface area (Å²) < 4.78 is 0. The van der Waals surface area contributed by atoms with Gasteiger partial charge in [0.1, 0.15) is 0 Å². The fraction of sp³-hybridized carbons (Fsp3) is 0.368. The number of aryl methyl sites for hydroxylation is 2. The zero-order valence-corrected chi connectivity index (χ0v) is 15.8. The van der Waals surface area contributed by atoms with E-state index < -0.39 is 0 Å². The van der Waals surface area contributed by atoms with Gasteiger partial charge in [0.15, 0.2) is 0 Å². The van der Waals surface area contributed by atoms with Crippen LogP contribution in [0, 0.1) is 13.8 Å². The van der Waals surface area contributed by atoms with Gasteiger partial charge in [-0.2, -0.15) is 0 Å². The van der Waals surface area contributed by atoms with Crippen LogP contribution in [0.4, 0.5) is 5.69 Å². The number of rotatable bonds is 8. The maximum Gasteiger partial charge on any atom is 0.238 e. The predicted molar refractivity (Wildman–Crippen MR) is 103 cm³/mol. The summed E-state index contributed by atoms with van der Waals surface area (Å²) in [6.07, 6.45) is 0. The number of nitrogens with zero attached hydrogens (tertiary/aromatic N) is 1. The lowest BCUT2D eigenvalue weighted by molar-refractivity contribution is -0.123. The zero-order chi connectivity index (χ0) is 18.2. The number of anilines is 1. The molecule has 0 fully saturated rings. The van der Waals surface area contributed by atoms with Gasteiger partial charge in [0, 0.05) is 10.6 Å². The smallest absolute Gasteiger partial charge is 0.238 e. The quantitative estimate of drug-likeness (QED) is 0.762. The Bertz CT molecular complexity index is 693. The number of amides is 2. The number of likely N-dealkylation sites (N-methyl/N-ethyl adjacent to an activating group) is 1. The van der Waals surface area contributed by atoms with Gasteiger partial charge >= 0.3 is 0 Å². The van der Waals surface area contributed by atoms with Crippen LogP contribution in [0.3, 0.4) is 0 Å². The lowest BCUT2D eigenvalue weighted by Crippen LogP contribution is -2.40. The van der Waals surface area contributed by atoms with E-state index in [9.17, 15) is 9.59 Å². The highest BCUT2D eigenvalue weighted by molar-refractivity contribution is 7.09. The first-order valence-electron chi connectivity index (χ1n) is 8.37. The number of benzene rings is 1. The van der Waals surface area contributed by atoms with E-state index in [2.05, 4.69) is 10.6 Å². The fourth-order valence-corrected chi connectivity index (χ4v) is 3.18. The second kappa shape index (κ2) is 9.34. The Morgan fingerprint density at radius 3 is 2.32 bits per heavy atom. The molecule has 134 valence electrons. The summed E-state index contributed by atoms with van der Waals surface area (Å²) in [5.74, 6) is -0.180. The van der Waals surface area contributed by atoms with Crippen molar-refractivity contribution < 1.29 is 9.59 Å². The minimum absolute atomic E-state index is 0.0740. The number of carbonyl (C=O) groups excluding carboxylic acids is 2. The molecule has 1 heterocycles. The lowest BCUT2D eigenvalue weighted by atomic mass is 10.1. The number of para-hydroxylation sites is 1. The summed E-state index contributed by atoms with van der Waals surface area (Å²) in [6, 6.07) is 9.86. The van der Waals surface area contributed by atoms with E-state index in [1.165, 1.54) is 0 Å². The molecule has 0 unspecified atom stereocenters. The van der Waals surface area contributed by atoms with Crippen molar-refractivity contribution in [2.45, 2.75) is 27.3 Å². The average Bonchev–Trinajstić information content (AvgIpc) is 3.09. The van der Waals surface area contributed by atoms with Gasteiger partial charge in [0.05, 0.1) is 19.6 Å². The van der Waals surface area contributed by atoms with Crippen molar-refractivity contribution in [2.75, 3.05) is 25.0 Å². The zero-order valence-electron chi connectivity index (χ0n) is 15.0. The van der Waals surface area contributed by atoms with E-state index in [-0.39, 0.29) is 24.9 Å². The molecule has 2 amide bonds. The molecule has 2 N–H and O–H groups in total. The molecule has 0 radical (unpaired) electrons. The number of hydrogen-bond donors (Lipinski definition) is 2. The van der Waals surface area contributed by atoms with Crippen LogP contribution in [0.5, 0.6) is 0 Å². The van der Waals surface area contributed by atoms with Crippen LogP contribution in [0.2, 0.25) is 0 Å². The standard InChI is InChI=1S/C19H25N3O2S/c1-4-22(12-17(23)20-11-16-9-6-10-25-16)13-18(24)21-19-14(2)7-5-8-15(19)3/h5-10H,4,11-13H2,1-3H3,(H,20,23)(H,21,24). The first-order valence-corrected chi connectivity index (χ1v) is 9.25. The van der Waals surface area contributed by atoms with Crippen molar-refractivity contribution in [2.24, 2.45) is 0 Å². The van der Waals surface area contributed by atoms with Crippen molar-refractivity contribution >= 4 is 28.8 Å². The van der Waals surface area contributed by atoms with Gasteiger partial charge in [0.25, 0.3) is 0 Å². The summed E-state index contributed by atoms with van der Waals surface area (Å²) in [5.41, 5.74) is 2.92. The van der Waals surface area contributed by atoms with Crippen molar-refractivity contribution in [3.63, 3.8) is 0 Å². The second-order valence-corrected chi connectivity index (χ2v) is 7.01. The van der Waals surface area contributed by atoms with Crippen LogP contribution in [0.1, 0.15) is 22.9 Å². The topological polar surface area (TPSA) is 61.4 Å². The monoisotopic (exact) mass is 359 g/mol. The number of carbonyl (C=O) groups is 2. The van der Waals surface area contributed by atoms with Crippen LogP contribution in [0.15, 0.2) is 35.7 Å². The highest BCUT2D eigenvalue weighted by Gasteiger charge is 2.14. The molecule has 1 aromatic heterocycles. The summed E-state index contributed by atoms with van der Waals surface area (Å²) in [5, 5.41) is 7.83. The average molecular weight is 359 g/mol. The van der Waals surface area contributed by atoms with Crippen molar-refractivity contribution in [3.05, 3.63) is 51.7 Å². The molecule has 2 rings (SSSR count). The molecule has 0 saturated carbocycles. The molecule has 25 heavy (non-hydrogen) atoms. The maximum absolute atomic E-state index is 12.3. The summed E-state index contributed by atoms with van der Waals surface area (Å²) in [6.45, 7) is 7.45. The SMILES string of the molecule is CCN(CC(=O)NCc1cccs1)CC(=O)Nc1c(C)cccc1C. The molecule has 0 saturated heterocycles. The second-order valence-electron chi connectivity index (χ2n) is 5.97. The summed E-state index contributed by atoms with van der Waals surface area (Å²) in [4.78, 5) is 27.3. The highest BCUT2D eigenvalue weighted by atomic mass is 32.1. The van der Waals surface area contributed by atoms with E-state index in [1.807, 2.05) is 61.4 Å². The molecule has 2 aromatic rings. The van der Waals surface area contributed by atoms with E-state index in [4.69, 9.17) is 0 Å². The maximum atomic E-state index is 12.3. The first kappa shape index (κ1) is 19.1. The predicted octanol–water partition coefficient (Wildman–Crippen LogP) is 2.94. The molecule has 0 bridgehead atoms. The molecular formula is C19H25N3O2S. The van der Waals surface area contributed by atoms with Gasteiger partial charge in [-0.1, -0.05) is 31.2 Å². The summed E-state index contributed by atoms with van der Waals surface area (Å²) in [7, 11) is 0. The first-order chi connectivity index (χ1) is 12.0. The van der Waals surface area contributed by atoms with Gasteiger partial charge in [-0.05, 0) is 43.0 Å². The van der Waals surface area contributed by atoms with Gasteiger partial charge in [-0.15, -0.1) is 11.3 Å². The number of thiophene rings is 1. The van der Waals surface area contributed by atoms with Crippen LogP contribution in [-0.2, 0) is 16.1 Å². The van der Waals surface area contributed by atoms with Crippen LogP contribution < -0.4 is 10.6 Å². The molecule has 6 heteroatoms. The molecule has 1 aromatic carbocycles. The third-order valence-electron chi connectivity index (χ3n) is 3.97. The van der Waals surface area contributed by atoms with Crippen molar-refractivity contribution in [1.29, 1.82) is 0 Å². The Kier molecular flexibility index (Phi) is 7.16. The largest absolute Gasteiger partial charge is 0.350 e. The Hall–Kier alpha value is -2.18. The lowest BCUT2D eigenvalue weighted by Gasteiger charge is -2.20. The third-order valence-corrected chi connectivity index (χ3v) is 4.84. The van der Waals surface area contributed by atoms with Crippen LogP contribution in [0.25, 0.3) is 0 Å². The molecule has 0 aliphatic heterocycles. The van der Waals surface area contributed by atoms with E-state index in [0.29, 0.717) is 13.1 Å². The normalized spacial score (nSPS) is 10.7. The molecule has 0 atom stereocenters. The van der Waals surface area contributed by atoms with E-state index in [1.54, 1.807) is 11.3 Å². The Balaban J connectivity index is 1.83. The molecule has 0 aliphatic rings. The molecule has 5 nitrogen and oxygen atoms in total. The third kappa shape index (κ3) is 5.99. The minimum Gasteiger partial charge on any atom is -0.350 e. The van der Waals surface area contributed by atoms with Gasteiger partial charge in [-0.25, -0.2) is 0 Å². The Labute approximate surface area is 153 Å². The Morgan fingerprint density at radius 1 is 1.04 bits per heavy atom. The molecule has 0 aliphatic carbocycles. The molecule has 0 spiro atoms. The van der Waals surface area contributed by atoms with Gasteiger partial charge in [0.2, 0.25) is 11.8 Å². The van der Waals surface area contributed by atoms with Crippen molar-refractivity contribution in [1.82, 2.24) is 10.2 Å². The van der Waals surface area contributed by atoms with Gasteiger partial charge in [-0.3, -0.25) is 14.5 Å². The van der Waals surface area contributed by atoms with Crippen LogP contribution in [-0.4, -0.2) is 36.3 Å². The van der Waals surface area contributed by atoms with Crippen molar-refractivity contribution in [3.8, 4) is 0 Å². The van der Waals surface area contributed by atoms with E-state index >= 15 is 0 Å². The number of hydrogen-bond acceptors (Lipinski definition) is 4. The highest BCUT2D eigenvalue weighted by Crippen LogP contribution is 2.19. The fourth-order valence-electron chi connectivity index (χ4n) is 2.53. The number of nitrogens with one attached hydrogen (secondary N) is 2. The van der Waals surface area contributed by atoms with Gasteiger partial charge < -0.3 is 10.6 Å².